The minimum Gasteiger partial charge on any atom is -0.391 e. The van der Waals surface area contributed by atoms with Crippen LogP contribution in [0.3, 0.4) is 0 Å². The predicted molar refractivity (Wildman–Crippen MR) is 75.1 cm³/mol. The summed E-state index contributed by atoms with van der Waals surface area (Å²) in [6.45, 7) is 3.46. The summed E-state index contributed by atoms with van der Waals surface area (Å²) in [6.07, 6.45) is -2.02. The zero-order valence-electron chi connectivity index (χ0n) is 12.1. The lowest BCUT2D eigenvalue weighted by Gasteiger charge is -2.12. The second-order valence-electron chi connectivity index (χ2n) is 4.52. The first-order valence-corrected chi connectivity index (χ1v) is 6.60. The maximum absolute atomic E-state index is 13.2. The van der Waals surface area contributed by atoms with Crippen LogP contribution in [0.5, 0.6) is 0 Å². The number of H-pyrrole nitrogens is 1. The first kappa shape index (κ1) is 15.8. The van der Waals surface area contributed by atoms with E-state index in [0.29, 0.717) is 6.42 Å². The van der Waals surface area contributed by atoms with Crippen molar-refractivity contribution in [3.63, 3.8) is 0 Å². The number of alkyl halides is 2. The first-order chi connectivity index (χ1) is 10.5. The molecule has 0 saturated carbocycles. The van der Waals surface area contributed by atoms with Gasteiger partial charge < -0.3 is 4.84 Å². The number of oxime groups is 1. The topological polar surface area (TPSA) is 85.2 Å². The average molecular weight is 311 g/mol. The van der Waals surface area contributed by atoms with Gasteiger partial charge in [-0.3, -0.25) is 0 Å². The molecule has 0 bridgehead atoms. The first-order valence-electron chi connectivity index (χ1n) is 6.60. The number of nitrogens with zero attached hydrogens (tertiary/aromatic N) is 4. The van der Waals surface area contributed by atoms with Crippen LogP contribution in [-0.2, 0) is 11.4 Å². The lowest BCUT2D eigenvalue weighted by atomic mass is 10.1. The van der Waals surface area contributed by atoms with Crippen LogP contribution in [-0.4, -0.2) is 25.9 Å². The van der Waals surface area contributed by atoms with Crippen LogP contribution >= 0.6 is 0 Å². The molecule has 0 spiro atoms. The van der Waals surface area contributed by atoms with Crippen LogP contribution in [0.1, 0.15) is 37.8 Å². The van der Waals surface area contributed by atoms with Gasteiger partial charge in [-0.25, -0.2) is 18.7 Å². The predicted octanol–water partition coefficient (Wildman–Crippen LogP) is 2.20. The molecule has 7 nitrogen and oxygen atoms in total. The summed E-state index contributed by atoms with van der Waals surface area (Å²) < 4.78 is 27.3. The number of aromatic nitrogens is 4. The van der Waals surface area contributed by atoms with Gasteiger partial charge in [0.05, 0.1) is 11.4 Å². The molecule has 1 heterocycles. The Morgan fingerprint density at radius 1 is 1.50 bits per heavy atom. The Morgan fingerprint density at radius 2 is 2.27 bits per heavy atom. The molecule has 0 aliphatic carbocycles. The van der Waals surface area contributed by atoms with Crippen LogP contribution in [0.15, 0.2) is 28.1 Å². The van der Waals surface area contributed by atoms with E-state index in [4.69, 9.17) is 4.84 Å². The standard InChI is InChI=1S/C13H15F2N5O2/c1-3-8(2)17-22-7-10-9(12(14)15)5-4-6-11(10)20-13(21)16-18-19-20/h4-6,12H,3,7H2,1-2H3,(H,16,19,21). The van der Waals surface area contributed by atoms with Gasteiger partial charge in [0.15, 0.2) is 0 Å². The molecule has 0 atom stereocenters. The second kappa shape index (κ2) is 6.92. The van der Waals surface area contributed by atoms with Gasteiger partial charge in [-0.05, 0) is 29.8 Å². The highest BCUT2D eigenvalue weighted by molar-refractivity contribution is 5.80. The summed E-state index contributed by atoms with van der Waals surface area (Å²) in [5.74, 6) is 0. The molecule has 0 aliphatic rings. The molecule has 2 rings (SSSR count). The van der Waals surface area contributed by atoms with E-state index in [1.54, 1.807) is 6.92 Å². The lowest BCUT2D eigenvalue weighted by molar-refractivity contribution is 0.118. The Morgan fingerprint density at radius 3 is 2.86 bits per heavy atom. The summed E-state index contributed by atoms with van der Waals surface area (Å²) in [4.78, 5) is 16.7. The molecule has 2 aromatic rings. The van der Waals surface area contributed by atoms with Crippen molar-refractivity contribution in [2.24, 2.45) is 5.16 Å². The molecular weight excluding hydrogens is 296 g/mol. The van der Waals surface area contributed by atoms with Gasteiger partial charge in [0.25, 0.3) is 6.43 Å². The molecule has 0 fully saturated rings. The third kappa shape index (κ3) is 3.35. The Balaban J connectivity index is 2.44. The zero-order valence-corrected chi connectivity index (χ0v) is 12.1. The molecule has 0 unspecified atom stereocenters. The van der Waals surface area contributed by atoms with Crippen LogP contribution < -0.4 is 5.69 Å². The van der Waals surface area contributed by atoms with E-state index in [0.717, 1.165) is 10.4 Å². The van der Waals surface area contributed by atoms with Crippen LogP contribution in [0.2, 0.25) is 0 Å². The number of hydrogen-bond donors (Lipinski definition) is 1. The van der Waals surface area contributed by atoms with Crippen molar-refractivity contribution in [1.29, 1.82) is 0 Å². The van der Waals surface area contributed by atoms with Crippen molar-refractivity contribution in [2.75, 3.05) is 0 Å². The second-order valence-corrected chi connectivity index (χ2v) is 4.52. The Bertz CT molecular complexity index is 723. The average Bonchev–Trinajstić information content (AvgIpc) is 2.92. The molecule has 0 saturated heterocycles. The number of halogens is 2. The summed E-state index contributed by atoms with van der Waals surface area (Å²) >= 11 is 0. The number of nitrogens with one attached hydrogen (secondary N) is 1. The molecule has 1 aromatic heterocycles. The van der Waals surface area contributed by atoms with Crippen LogP contribution in [0.25, 0.3) is 5.69 Å². The fourth-order valence-corrected chi connectivity index (χ4v) is 1.78. The number of tetrazole rings is 1. The lowest BCUT2D eigenvalue weighted by Crippen LogP contribution is -2.18. The van der Waals surface area contributed by atoms with E-state index in [1.807, 2.05) is 6.92 Å². The Labute approximate surface area is 124 Å². The van der Waals surface area contributed by atoms with Crippen molar-refractivity contribution in [2.45, 2.75) is 33.3 Å². The number of benzene rings is 1. The fourth-order valence-electron chi connectivity index (χ4n) is 1.78. The molecular formula is C13H15F2N5O2. The fraction of sp³-hybridized carbons (Fsp3) is 0.385. The van der Waals surface area contributed by atoms with Crippen LogP contribution in [0.4, 0.5) is 8.78 Å². The minimum atomic E-state index is -2.71. The Kier molecular flexibility index (Phi) is 4.97. The van der Waals surface area contributed by atoms with Gasteiger partial charge in [0.2, 0.25) is 0 Å². The smallest absolute Gasteiger partial charge is 0.365 e. The summed E-state index contributed by atoms with van der Waals surface area (Å²) in [7, 11) is 0. The summed E-state index contributed by atoms with van der Waals surface area (Å²) in [5.41, 5.74) is 0.189. The van der Waals surface area contributed by atoms with Crippen molar-refractivity contribution in [3.8, 4) is 5.69 Å². The monoisotopic (exact) mass is 311 g/mol. The highest BCUT2D eigenvalue weighted by atomic mass is 19.3. The molecule has 22 heavy (non-hydrogen) atoms. The third-order valence-electron chi connectivity index (χ3n) is 3.06. The maximum atomic E-state index is 13.2. The minimum absolute atomic E-state index is 0.140. The van der Waals surface area contributed by atoms with E-state index < -0.39 is 12.1 Å². The maximum Gasteiger partial charge on any atom is 0.365 e. The largest absolute Gasteiger partial charge is 0.391 e. The molecule has 118 valence electrons. The zero-order chi connectivity index (χ0) is 16.1. The summed E-state index contributed by atoms with van der Waals surface area (Å²) in [5, 5.41) is 12.9. The SMILES string of the molecule is CCC(C)=NOCc1c(C(F)F)cccc1-n1nn[nH]c1=O. The molecule has 1 aromatic carbocycles. The third-order valence-corrected chi connectivity index (χ3v) is 3.06. The van der Waals surface area contributed by atoms with Crippen molar-refractivity contribution < 1.29 is 13.6 Å². The van der Waals surface area contributed by atoms with Crippen molar-refractivity contribution in [3.05, 3.63) is 39.8 Å². The van der Waals surface area contributed by atoms with Crippen molar-refractivity contribution >= 4 is 5.71 Å². The van der Waals surface area contributed by atoms with Gasteiger partial charge in [0.1, 0.15) is 6.61 Å². The van der Waals surface area contributed by atoms with E-state index >= 15 is 0 Å². The molecule has 0 radical (unpaired) electrons. The van der Waals surface area contributed by atoms with Crippen LogP contribution in [0, 0.1) is 0 Å². The number of rotatable bonds is 6. The highest BCUT2D eigenvalue weighted by Crippen LogP contribution is 2.27. The van der Waals surface area contributed by atoms with Gasteiger partial charge in [-0.15, -0.1) is 0 Å². The molecule has 9 heteroatoms. The highest BCUT2D eigenvalue weighted by Gasteiger charge is 2.19. The van der Waals surface area contributed by atoms with E-state index in [2.05, 4.69) is 20.7 Å². The van der Waals surface area contributed by atoms with E-state index in [1.165, 1.54) is 18.2 Å². The summed E-state index contributed by atoms with van der Waals surface area (Å²) in [6, 6.07) is 4.18. The van der Waals surface area contributed by atoms with Gasteiger partial charge in [-0.2, -0.15) is 4.68 Å². The quantitative estimate of drug-likeness (QED) is 0.654. The van der Waals surface area contributed by atoms with Gasteiger partial charge >= 0.3 is 5.69 Å². The van der Waals surface area contributed by atoms with E-state index in [-0.39, 0.29) is 23.4 Å². The molecule has 0 aliphatic heterocycles. The number of aromatic amines is 1. The normalized spacial score (nSPS) is 12.0. The van der Waals surface area contributed by atoms with E-state index in [9.17, 15) is 13.6 Å². The van der Waals surface area contributed by atoms with Gasteiger partial charge in [-0.1, -0.05) is 24.2 Å². The molecule has 1 N–H and O–H groups in total. The Hall–Kier alpha value is -2.58. The molecule has 0 amide bonds. The van der Waals surface area contributed by atoms with Gasteiger partial charge in [0, 0.05) is 11.1 Å². The number of hydrogen-bond acceptors (Lipinski definition) is 5. The van der Waals surface area contributed by atoms with Crippen molar-refractivity contribution in [1.82, 2.24) is 20.2 Å².